The Morgan fingerprint density at radius 1 is 1.21 bits per heavy atom. The van der Waals surface area contributed by atoms with E-state index in [2.05, 4.69) is 20.6 Å². The molecule has 0 aliphatic carbocycles. The number of nitrogens with one attached hydrogen (secondary N) is 2. The number of hydrogen-bond acceptors (Lipinski definition) is 7. The van der Waals surface area contributed by atoms with Gasteiger partial charge < -0.3 is 20.1 Å². The van der Waals surface area contributed by atoms with E-state index in [1.54, 1.807) is 7.11 Å². The number of aromatic nitrogens is 2. The van der Waals surface area contributed by atoms with Gasteiger partial charge in [0.15, 0.2) is 5.16 Å². The van der Waals surface area contributed by atoms with Crippen LogP contribution in [-0.4, -0.2) is 56.7 Å². The van der Waals surface area contributed by atoms with Crippen molar-refractivity contribution in [2.24, 2.45) is 0 Å². The Morgan fingerprint density at radius 3 is 2.68 bits per heavy atom. The molecule has 108 valence electrons. The van der Waals surface area contributed by atoms with E-state index in [9.17, 15) is 0 Å². The van der Waals surface area contributed by atoms with Crippen LogP contribution < -0.4 is 10.6 Å². The van der Waals surface area contributed by atoms with Crippen LogP contribution in [0.3, 0.4) is 0 Å². The van der Waals surface area contributed by atoms with Crippen molar-refractivity contribution in [2.75, 3.05) is 57.4 Å². The van der Waals surface area contributed by atoms with Crippen LogP contribution in [0.4, 0.5) is 11.6 Å². The maximum absolute atomic E-state index is 5.39. The molecular formula is C12H22N4O2S. The Morgan fingerprint density at radius 2 is 2.00 bits per heavy atom. The zero-order valence-corrected chi connectivity index (χ0v) is 12.5. The Bertz CT molecular complexity index is 343. The third kappa shape index (κ3) is 6.60. The van der Waals surface area contributed by atoms with Crippen LogP contribution in [0, 0.1) is 0 Å². The molecule has 0 saturated carbocycles. The van der Waals surface area contributed by atoms with Crippen molar-refractivity contribution in [3.05, 3.63) is 6.07 Å². The minimum atomic E-state index is 0.641. The number of thioether (sulfide) groups is 1. The first-order valence-electron chi connectivity index (χ1n) is 6.21. The summed E-state index contributed by atoms with van der Waals surface area (Å²) < 4.78 is 10.3. The molecule has 0 saturated heterocycles. The number of nitrogens with zero attached hydrogens (tertiary/aromatic N) is 2. The third-order valence-electron chi connectivity index (χ3n) is 2.35. The second kappa shape index (κ2) is 9.82. The van der Waals surface area contributed by atoms with Crippen LogP contribution in [0.1, 0.15) is 6.42 Å². The van der Waals surface area contributed by atoms with Crippen molar-refractivity contribution in [1.82, 2.24) is 9.97 Å². The van der Waals surface area contributed by atoms with Gasteiger partial charge in [-0.3, -0.25) is 0 Å². The van der Waals surface area contributed by atoms with Crippen LogP contribution in [0.25, 0.3) is 0 Å². The van der Waals surface area contributed by atoms with Crippen molar-refractivity contribution in [3.8, 4) is 0 Å². The monoisotopic (exact) mass is 286 g/mol. The smallest absolute Gasteiger partial charge is 0.191 e. The highest BCUT2D eigenvalue weighted by atomic mass is 32.2. The molecule has 0 fully saturated rings. The Balaban J connectivity index is 2.28. The zero-order chi connectivity index (χ0) is 13.9. The lowest BCUT2D eigenvalue weighted by Crippen LogP contribution is -2.10. The predicted octanol–water partition coefficient (Wildman–Crippen LogP) is 1.71. The number of anilines is 2. The van der Waals surface area contributed by atoms with Crippen LogP contribution in [-0.2, 0) is 9.47 Å². The molecular weight excluding hydrogens is 264 g/mol. The molecule has 1 rings (SSSR count). The molecule has 0 bridgehead atoms. The van der Waals surface area contributed by atoms with Gasteiger partial charge in [0.05, 0.1) is 13.2 Å². The fraction of sp³-hybridized carbons (Fsp3) is 0.667. The fourth-order valence-electron chi connectivity index (χ4n) is 1.37. The molecule has 2 N–H and O–H groups in total. The second-order valence-electron chi connectivity index (χ2n) is 3.76. The molecule has 19 heavy (non-hydrogen) atoms. The molecule has 0 atom stereocenters. The van der Waals surface area contributed by atoms with Gasteiger partial charge in [-0.05, 0) is 12.7 Å². The summed E-state index contributed by atoms with van der Waals surface area (Å²) in [6, 6.07) is 1.89. The standard InChI is InChI=1S/C12H22N4O2S/c1-13-10-9-11(16-12(15-10)19-3)14-5-4-6-18-8-7-17-2/h9H,4-8H2,1-3H3,(H2,13,14,15,16). The molecule has 0 unspecified atom stereocenters. The zero-order valence-electron chi connectivity index (χ0n) is 11.7. The van der Waals surface area contributed by atoms with E-state index in [0.29, 0.717) is 13.2 Å². The van der Waals surface area contributed by atoms with Gasteiger partial charge in [-0.25, -0.2) is 9.97 Å². The average molecular weight is 286 g/mol. The van der Waals surface area contributed by atoms with Crippen molar-refractivity contribution in [3.63, 3.8) is 0 Å². The van der Waals surface area contributed by atoms with Crippen molar-refractivity contribution in [1.29, 1.82) is 0 Å². The van der Waals surface area contributed by atoms with Gasteiger partial charge in [-0.15, -0.1) is 0 Å². The number of hydrogen-bond donors (Lipinski definition) is 2. The van der Waals surface area contributed by atoms with Crippen LogP contribution >= 0.6 is 11.8 Å². The van der Waals surface area contributed by atoms with Crippen molar-refractivity contribution in [2.45, 2.75) is 11.6 Å². The van der Waals surface area contributed by atoms with E-state index < -0.39 is 0 Å². The van der Waals surface area contributed by atoms with Gasteiger partial charge in [0, 0.05) is 33.4 Å². The van der Waals surface area contributed by atoms with E-state index in [0.717, 1.165) is 36.4 Å². The lowest BCUT2D eigenvalue weighted by molar-refractivity contribution is 0.0705. The fourth-order valence-corrected chi connectivity index (χ4v) is 1.75. The van der Waals surface area contributed by atoms with Crippen LogP contribution in [0.5, 0.6) is 0 Å². The highest BCUT2D eigenvalue weighted by molar-refractivity contribution is 7.98. The summed E-state index contributed by atoms with van der Waals surface area (Å²) in [6.07, 6.45) is 2.89. The van der Waals surface area contributed by atoms with E-state index in [1.165, 1.54) is 11.8 Å². The first-order chi connectivity index (χ1) is 9.30. The van der Waals surface area contributed by atoms with Crippen LogP contribution in [0.15, 0.2) is 11.2 Å². The first kappa shape index (κ1) is 16.0. The van der Waals surface area contributed by atoms with Gasteiger partial charge in [0.2, 0.25) is 0 Å². The summed E-state index contributed by atoms with van der Waals surface area (Å²) in [5.74, 6) is 1.65. The highest BCUT2D eigenvalue weighted by Crippen LogP contribution is 2.16. The number of ether oxygens (including phenoxy) is 2. The van der Waals surface area contributed by atoms with E-state index >= 15 is 0 Å². The topological polar surface area (TPSA) is 68.3 Å². The summed E-state index contributed by atoms with van der Waals surface area (Å²) >= 11 is 1.52. The largest absolute Gasteiger partial charge is 0.382 e. The maximum Gasteiger partial charge on any atom is 0.191 e. The van der Waals surface area contributed by atoms with E-state index in [-0.39, 0.29) is 0 Å². The predicted molar refractivity (Wildman–Crippen MR) is 79.2 cm³/mol. The third-order valence-corrected chi connectivity index (χ3v) is 2.90. The molecule has 7 heteroatoms. The molecule has 0 aliphatic heterocycles. The molecule has 1 aromatic rings. The SMILES string of the molecule is CNc1cc(NCCCOCCOC)nc(SC)n1. The summed E-state index contributed by atoms with van der Waals surface area (Å²) in [5, 5.41) is 7.05. The molecule has 0 amide bonds. The Hall–Kier alpha value is -1.05. The van der Waals surface area contributed by atoms with Gasteiger partial charge in [0.25, 0.3) is 0 Å². The minimum Gasteiger partial charge on any atom is -0.382 e. The molecule has 1 aromatic heterocycles. The molecule has 0 radical (unpaired) electrons. The lowest BCUT2D eigenvalue weighted by Gasteiger charge is -2.09. The quantitative estimate of drug-likeness (QED) is 0.385. The second-order valence-corrected chi connectivity index (χ2v) is 4.53. The molecule has 0 aliphatic rings. The van der Waals surface area contributed by atoms with E-state index in [1.807, 2.05) is 19.4 Å². The first-order valence-corrected chi connectivity index (χ1v) is 7.44. The van der Waals surface area contributed by atoms with Crippen molar-refractivity contribution >= 4 is 23.4 Å². The summed E-state index contributed by atoms with van der Waals surface area (Å²) in [7, 11) is 3.52. The molecule has 0 spiro atoms. The molecule has 0 aromatic carbocycles. The van der Waals surface area contributed by atoms with Gasteiger partial charge >= 0.3 is 0 Å². The Labute approximate surface area is 118 Å². The number of methoxy groups -OCH3 is 1. The summed E-state index contributed by atoms with van der Waals surface area (Å²) in [4.78, 5) is 8.70. The highest BCUT2D eigenvalue weighted by Gasteiger charge is 2.02. The Kier molecular flexibility index (Phi) is 8.28. The average Bonchev–Trinajstić information content (AvgIpc) is 2.45. The number of rotatable bonds is 10. The molecule has 1 heterocycles. The van der Waals surface area contributed by atoms with Gasteiger partial charge in [-0.2, -0.15) is 0 Å². The molecule has 6 nitrogen and oxygen atoms in total. The van der Waals surface area contributed by atoms with Crippen LogP contribution in [0.2, 0.25) is 0 Å². The van der Waals surface area contributed by atoms with Gasteiger partial charge in [-0.1, -0.05) is 11.8 Å². The summed E-state index contributed by atoms with van der Waals surface area (Å²) in [5.41, 5.74) is 0. The summed E-state index contributed by atoms with van der Waals surface area (Å²) in [6.45, 7) is 2.82. The van der Waals surface area contributed by atoms with Crippen molar-refractivity contribution < 1.29 is 9.47 Å². The minimum absolute atomic E-state index is 0.641. The maximum atomic E-state index is 5.39. The van der Waals surface area contributed by atoms with Gasteiger partial charge in [0.1, 0.15) is 11.6 Å². The van der Waals surface area contributed by atoms with E-state index in [4.69, 9.17) is 9.47 Å². The lowest BCUT2D eigenvalue weighted by atomic mass is 10.4. The normalized spacial score (nSPS) is 10.5.